The Morgan fingerprint density at radius 1 is 0.960 bits per heavy atom. The zero-order valence-corrected chi connectivity index (χ0v) is 29.3. The summed E-state index contributed by atoms with van der Waals surface area (Å²) in [5.41, 5.74) is -10.0. The van der Waals surface area contributed by atoms with Gasteiger partial charge in [-0.2, -0.15) is 0 Å². The van der Waals surface area contributed by atoms with Crippen molar-refractivity contribution in [2.45, 2.75) is 150 Å². The number of carbonyl (C=O) groups excluding carboxylic acids is 1. The summed E-state index contributed by atoms with van der Waals surface area (Å²) in [6, 6.07) is 9.50. The van der Waals surface area contributed by atoms with E-state index in [0.29, 0.717) is 6.42 Å². The number of aliphatic hydroxyl groups is 8. The molecule has 6 rings (SSSR count). The van der Waals surface area contributed by atoms with E-state index in [1.807, 2.05) is 36.4 Å². The largest absolute Gasteiger partial charge is 0.458 e. The van der Waals surface area contributed by atoms with Crippen LogP contribution in [0.15, 0.2) is 48.6 Å². The topological polar surface area (TPSA) is 207 Å². The summed E-state index contributed by atoms with van der Waals surface area (Å²) in [5, 5.41) is 93.1. The van der Waals surface area contributed by atoms with Gasteiger partial charge in [-0.3, -0.25) is 0 Å². The molecule has 1 saturated heterocycles. The molecule has 0 bridgehead atoms. The van der Waals surface area contributed by atoms with E-state index in [2.05, 4.69) is 0 Å². The number of hydrogen-bond acceptors (Lipinski definition) is 12. The van der Waals surface area contributed by atoms with E-state index in [9.17, 15) is 45.6 Å². The molecule has 4 saturated carbocycles. The maximum Gasteiger partial charge on any atom is 0.331 e. The van der Waals surface area contributed by atoms with Crippen LogP contribution in [0.3, 0.4) is 0 Å². The summed E-state index contributed by atoms with van der Waals surface area (Å²) in [5.74, 6) is -1.66. The molecule has 0 aromatic heterocycles. The fraction of sp³-hybridized carbons (Fsp3) is 0.711. The van der Waals surface area contributed by atoms with Gasteiger partial charge >= 0.3 is 5.97 Å². The van der Waals surface area contributed by atoms with Crippen LogP contribution in [0.25, 0.3) is 6.08 Å². The molecule has 0 unspecified atom stereocenters. The zero-order valence-electron chi connectivity index (χ0n) is 29.3. The van der Waals surface area contributed by atoms with Gasteiger partial charge in [-0.1, -0.05) is 62.4 Å². The molecule has 15 atom stereocenters. The zero-order chi connectivity index (χ0) is 36.5. The number of allylic oxidation sites excluding steroid dienone is 2. The fourth-order valence-corrected chi connectivity index (χ4v) is 10.6. The van der Waals surface area contributed by atoms with Crippen molar-refractivity contribution in [1.82, 2.24) is 0 Å². The summed E-state index contributed by atoms with van der Waals surface area (Å²) in [6.45, 7) is 6.31. The standard InChI is InChI=1S/C38H54O12/c1-22-32(43)26(40)18-31(48-22)49-25-14-15-33(3)27-19-29(50-30(42)13-9-8-12-24-10-6-5-7-11-24)34(4)35(44,23(2)39)16-17-38(34,47)36(27,45)21-28(41)37(33,46)20-25/h5-13,22-23,25-29,31-32,39-41,43-47H,14-21H2,1-4H3/b12-8+,13-9+/t22-,23+,25+,26+,27-,28+,29-,31+,32-,33-,34-,35-,36+,37+,38-/m1/s1. The van der Waals surface area contributed by atoms with Crippen LogP contribution < -0.4 is 0 Å². The molecule has 1 heterocycles. The van der Waals surface area contributed by atoms with Crippen molar-refractivity contribution in [2.75, 3.05) is 0 Å². The van der Waals surface area contributed by atoms with Gasteiger partial charge < -0.3 is 55.1 Å². The van der Waals surface area contributed by atoms with Crippen LogP contribution in [0, 0.1) is 16.7 Å². The van der Waals surface area contributed by atoms with Gasteiger partial charge in [-0.05, 0) is 51.5 Å². The average Bonchev–Trinajstić information content (AvgIpc) is 3.29. The minimum atomic E-state index is -2.14. The molecular weight excluding hydrogens is 648 g/mol. The van der Waals surface area contributed by atoms with E-state index in [0.717, 1.165) is 5.56 Å². The number of hydrogen-bond donors (Lipinski definition) is 8. The Labute approximate surface area is 293 Å². The maximum atomic E-state index is 13.4. The van der Waals surface area contributed by atoms with Crippen LogP contribution in [0.4, 0.5) is 0 Å². The Bertz CT molecular complexity index is 1460. The molecule has 1 aromatic rings. The van der Waals surface area contributed by atoms with E-state index in [4.69, 9.17) is 14.2 Å². The van der Waals surface area contributed by atoms with Crippen molar-refractivity contribution in [1.29, 1.82) is 0 Å². The molecule has 5 aliphatic rings. The summed E-state index contributed by atoms with van der Waals surface area (Å²) in [7, 11) is 0. The van der Waals surface area contributed by atoms with Crippen molar-refractivity contribution < 1.29 is 59.9 Å². The first kappa shape index (κ1) is 37.5. The lowest BCUT2D eigenvalue weighted by molar-refractivity contribution is -0.375. The number of benzene rings is 1. The normalized spacial score (nSPS) is 49.7. The first-order chi connectivity index (χ1) is 23.4. The highest BCUT2D eigenvalue weighted by Gasteiger charge is 2.83. The average molecular weight is 703 g/mol. The van der Waals surface area contributed by atoms with Gasteiger partial charge in [0.1, 0.15) is 29.0 Å². The first-order valence-corrected chi connectivity index (χ1v) is 17.9. The van der Waals surface area contributed by atoms with Crippen LogP contribution in [-0.4, -0.2) is 118 Å². The lowest BCUT2D eigenvalue weighted by Crippen LogP contribution is -2.83. The van der Waals surface area contributed by atoms with Gasteiger partial charge in [0.25, 0.3) is 0 Å². The highest BCUT2D eigenvalue weighted by Crippen LogP contribution is 2.72. The molecule has 0 spiro atoms. The predicted octanol–water partition coefficient (Wildman–Crippen LogP) is 1.49. The van der Waals surface area contributed by atoms with Gasteiger partial charge in [0, 0.05) is 36.7 Å². The molecular formula is C38H54O12. The van der Waals surface area contributed by atoms with Gasteiger partial charge in [0.05, 0.1) is 41.5 Å². The number of rotatable bonds is 7. The van der Waals surface area contributed by atoms with Crippen LogP contribution >= 0.6 is 0 Å². The van der Waals surface area contributed by atoms with E-state index < -0.39 is 101 Å². The molecule has 1 aromatic carbocycles. The third kappa shape index (κ3) is 5.45. The Kier molecular flexibility index (Phi) is 9.77. The lowest BCUT2D eigenvalue weighted by Gasteiger charge is -2.71. The Balaban J connectivity index is 1.30. The highest BCUT2D eigenvalue weighted by molar-refractivity contribution is 5.82. The van der Waals surface area contributed by atoms with Crippen LogP contribution in [-0.2, 0) is 19.0 Å². The van der Waals surface area contributed by atoms with E-state index in [1.165, 1.54) is 26.0 Å². The number of ether oxygens (including phenoxy) is 3. The second kappa shape index (κ2) is 13.0. The van der Waals surface area contributed by atoms with E-state index >= 15 is 0 Å². The second-order valence-electron chi connectivity index (χ2n) is 16.1. The van der Waals surface area contributed by atoms with E-state index in [1.54, 1.807) is 19.9 Å². The van der Waals surface area contributed by atoms with Crippen molar-refractivity contribution in [2.24, 2.45) is 16.7 Å². The Morgan fingerprint density at radius 3 is 2.32 bits per heavy atom. The minimum absolute atomic E-state index is 0.0317. The molecule has 0 radical (unpaired) electrons. The van der Waals surface area contributed by atoms with Crippen molar-refractivity contribution in [3.8, 4) is 0 Å². The monoisotopic (exact) mass is 702 g/mol. The Hall–Kier alpha value is -2.23. The molecule has 12 heteroatoms. The third-order valence-corrected chi connectivity index (χ3v) is 13.8. The molecule has 50 heavy (non-hydrogen) atoms. The number of esters is 1. The smallest absolute Gasteiger partial charge is 0.331 e. The maximum absolute atomic E-state index is 13.4. The first-order valence-electron chi connectivity index (χ1n) is 17.9. The predicted molar refractivity (Wildman–Crippen MR) is 180 cm³/mol. The van der Waals surface area contributed by atoms with Crippen molar-refractivity contribution >= 4 is 12.0 Å². The summed E-state index contributed by atoms with van der Waals surface area (Å²) >= 11 is 0. The van der Waals surface area contributed by atoms with Crippen LogP contribution in [0.1, 0.15) is 84.6 Å². The van der Waals surface area contributed by atoms with Gasteiger partial charge in [0.15, 0.2) is 6.29 Å². The summed E-state index contributed by atoms with van der Waals surface area (Å²) in [6.07, 6.45) is -2.23. The van der Waals surface area contributed by atoms with Crippen LogP contribution in [0.5, 0.6) is 0 Å². The van der Waals surface area contributed by atoms with Crippen LogP contribution in [0.2, 0.25) is 0 Å². The molecule has 4 aliphatic carbocycles. The van der Waals surface area contributed by atoms with Gasteiger partial charge in [0.2, 0.25) is 0 Å². The van der Waals surface area contributed by atoms with Crippen molar-refractivity contribution in [3.05, 3.63) is 54.1 Å². The summed E-state index contributed by atoms with van der Waals surface area (Å²) in [4.78, 5) is 13.4. The molecule has 0 amide bonds. The van der Waals surface area contributed by atoms with Gasteiger partial charge in [-0.15, -0.1) is 0 Å². The highest BCUT2D eigenvalue weighted by atomic mass is 16.7. The molecule has 5 fully saturated rings. The second-order valence-corrected chi connectivity index (χ2v) is 16.1. The fourth-order valence-electron chi connectivity index (χ4n) is 10.6. The Morgan fingerprint density at radius 2 is 1.66 bits per heavy atom. The number of aliphatic hydroxyl groups excluding tert-OH is 4. The quantitative estimate of drug-likeness (QED) is 0.0881. The third-order valence-electron chi connectivity index (χ3n) is 13.8. The summed E-state index contributed by atoms with van der Waals surface area (Å²) < 4.78 is 18.0. The SMILES string of the molecule is C[C@H](O)[C@]1(O)CC[C@@]2(O)[C@]1(C)[C@H](OC(=O)/C=C/C=C/c1ccccc1)C[C@@H]1[C@@]3(C)CC[C@H](O[C@H]4C[C@H](O)[C@H](O)[C@@H](C)O4)C[C@]3(O)[C@@H](O)C[C@]12O. The molecule has 8 N–H and O–H groups in total. The van der Waals surface area contributed by atoms with Crippen molar-refractivity contribution in [3.63, 3.8) is 0 Å². The molecule has 12 nitrogen and oxygen atoms in total. The van der Waals surface area contributed by atoms with E-state index in [-0.39, 0.29) is 38.5 Å². The lowest BCUT2D eigenvalue weighted by atomic mass is 9.38. The molecule has 1 aliphatic heterocycles. The molecule has 278 valence electrons. The number of fused-ring (bicyclic) bond motifs is 5. The van der Waals surface area contributed by atoms with Gasteiger partial charge in [-0.25, -0.2) is 4.79 Å². The minimum Gasteiger partial charge on any atom is -0.458 e. The number of carbonyl (C=O) groups is 1.